The summed E-state index contributed by atoms with van der Waals surface area (Å²) in [6, 6.07) is 38.2. The highest BCUT2D eigenvalue weighted by Gasteiger charge is 2.37. The van der Waals surface area contributed by atoms with Gasteiger partial charge in [0, 0.05) is 33.0 Å². The minimum atomic E-state index is -5.10. The summed E-state index contributed by atoms with van der Waals surface area (Å²) in [4.78, 5) is 14.3. The molecule has 0 bridgehead atoms. The quantitative estimate of drug-likeness (QED) is 0.164. The van der Waals surface area contributed by atoms with Crippen LogP contribution >= 0.6 is 0 Å². The van der Waals surface area contributed by atoms with Crippen LogP contribution in [-0.4, -0.2) is 19.5 Å². The van der Waals surface area contributed by atoms with Crippen LogP contribution in [0.15, 0.2) is 133 Å². The molecule has 8 aromatic rings. The predicted octanol–water partition coefficient (Wildman–Crippen LogP) is 11.4. The molecule has 0 fully saturated rings. The van der Waals surface area contributed by atoms with Crippen molar-refractivity contribution in [2.24, 2.45) is 0 Å². The van der Waals surface area contributed by atoms with E-state index < -0.39 is 23.5 Å². The van der Waals surface area contributed by atoms with Crippen LogP contribution in [0.3, 0.4) is 0 Å². The Labute approximate surface area is 308 Å². The van der Waals surface area contributed by atoms with Crippen molar-refractivity contribution in [1.29, 1.82) is 10.5 Å². The molecule has 0 aliphatic rings. The molecule has 2 heterocycles. The van der Waals surface area contributed by atoms with Gasteiger partial charge in [0.15, 0.2) is 17.5 Å². The van der Waals surface area contributed by atoms with Crippen LogP contribution in [0, 0.1) is 22.7 Å². The first-order chi connectivity index (χ1) is 26.4. The highest BCUT2D eigenvalue weighted by atomic mass is 19.4. The minimum absolute atomic E-state index is 0.00416. The maximum Gasteiger partial charge on any atom is 0.416 e. The molecule has 0 saturated heterocycles. The molecular weight excluding hydrogens is 715 g/mol. The van der Waals surface area contributed by atoms with Gasteiger partial charge >= 0.3 is 12.4 Å². The molecule has 0 radical (unpaired) electrons. The minimum Gasteiger partial charge on any atom is -0.309 e. The zero-order valence-electron chi connectivity index (χ0n) is 28.2. The van der Waals surface area contributed by atoms with Gasteiger partial charge in [0.25, 0.3) is 0 Å². The Morgan fingerprint density at radius 1 is 0.455 bits per heavy atom. The largest absolute Gasteiger partial charge is 0.416 e. The summed E-state index contributed by atoms with van der Waals surface area (Å²) >= 11 is 0. The van der Waals surface area contributed by atoms with Gasteiger partial charge in [0.1, 0.15) is 0 Å². The van der Waals surface area contributed by atoms with Crippen LogP contribution < -0.4 is 0 Å². The molecule has 55 heavy (non-hydrogen) atoms. The molecule has 0 saturated carbocycles. The molecule has 0 amide bonds. The van der Waals surface area contributed by atoms with Crippen molar-refractivity contribution in [2.45, 2.75) is 12.4 Å². The molecule has 0 unspecified atom stereocenters. The average molecular weight is 737 g/mol. The number of hydrogen-bond acceptors (Lipinski definition) is 5. The topological polar surface area (TPSA) is 91.2 Å². The third-order valence-electron chi connectivity index (χ3n) is 9.12. The second-order valence-corrected chi connectivity index (χ2v) is 12.6. The Balaban J connectivity index is 1.48. The SMILES string of the molecule is N#Cc1ccc2c3ccc(C#N)cc3n(-c3cc(-c4nc(-c5ccccc5)nc(-c5ccccc5)n4)ccc3-c3cc(C(F)(F)F)cc(C(F)(F)F)c3)c2c1. The molecular formula is C43H22F6N6. The Hall–Kier alpha value is -7.31. The number of hydrogen-bond donors (Lipinski definition) is 0. The normalized spacial score (nSPS) is 11.8. The van der Waals surface area contributed by atoms with E-state index in [0.29, 0.717) is 62.3 Å². The fourth-order valence-electron chi connectivity index (χ4n) is 6.57. The van der Waals surface area contributed by atoms with Gasteiger partial charge in [-0.1, -0.05) is 84.9 Å². The lowest BCUT2D eigenvalue weighted by Gasteiger charge is -2.19. The first-order valence-electron chi connectivity index (χ1n) is 16.6. The van der Waals surface area contributed by atoms with Gasteiger partial charge in [-0.3, -0.25) is 0 Å². The molecule has 12 heteroatoms. The van der Waals surface area contributed by atoms with Crippen molar-refractivity contribution in [3.05, 3.63) is 156 Å². The van der Waals surface area contributed by atoms with E-state index in [1.807, 2.05) is 60.7 Å². The highest BCUT2D eigenvalue weighted by Crippen LogP contribution is 2.43. The van der Waals surface area contributed by atoms with Crippen molar-refractivity contribution in [3.63, 3.8) is 0 Å². The molecule has 6 aromatic carbocycles. The smallest absolute Gasteiger partial charge is 0.309 e. The van der Waals surface area contributed by atoms with Crippen molar-refractivity contribution >= 4 is 21.8 Å². The first kappa shape index (κ1) is 34.8. The van der Waals surface area contributed by atoms with Crippen LogP contribution in [0.4, 0.5) is 26.3 Å². The van der Waals surface area contributed by atoms with Crippen LogP contribution in [0.1, 0.15) is 22.3 Å². The third-order valence-corrected chi connectivity index (χ3v) is 9.12. The summed E-state index contributed by atoms with van der Waals surface area (Å²) in [7, 11) is 0. The standard InChI is InChI=1S/C43H22F6N6/c44-42(45,46)31-19-30(20-32(22-31)43(47,48)49)33-16-13-29(41-53-39(27-7-3-1-4-8-27)52-40(54-41)28-9-5-2-6-10-28)21-38(33)55-36-17-25(23-50)11-14-34(36)35-15-12-26(24-51)18-37(35)55/h1-22H. The lowest BCUT2D eigenvalue weighted by atomic mass is 9.96. The number of aromatic nitrogens is 4. The number of benzene rings is 6. The molecule has 0 aliphatic heterocycles. The molecule has 0 N–H and O–H groups in total. The lowest BCUT2D eigenvalue weighted by molar-refractivity contribution is -0.143. The van der Waals surface area contributed by atoms with E-state index in [1.54, 1.807) is 47.0 Å². The van der Waals surface area contributed by atoms with Crippen LogP contribution in [-0.2, 0) is 12.4 Å². The van der Waals surface area contributed by atoms with Crippen molar-refractivity contribution in [1.82, 2.24) is 19.5 Å². The van der Waals surface area contributed by atoms with E-state index in [2.05, 4.69) is 12.1 Å². The van der Waals surface area contributed by atoms with Gasteiger partial charge in [-0.05, 0) is 54.1 Å². The Bertz CT molecular complexity index is 2710. The molecule has 8 rings (SSSR count). The summed E-state index contributed by atoms with van der Waals surface area (Å²) < 4.78 is 86.8. The van der Waals surface area contributed by atoms with Crippen molar-refractivity contribution in [2.75, 3.05) is 0 Å². The number of alkyl halides is 6. The van der Waals surface area contributed by atoms with Gasteiger partial charge in [0.2, 0.25) is 0 Å². The van der Waals surface area contributed by atoms with E-state index in [0.717, 1.165) is 0 Å². The van der Waals surface area contributed by atoms with Crippen molar-refractivity contribution in [3.8, 4) is 63.1 Å². The van der Waals surface area contributed by atoms with Gasteiger partial charge < -0.3 is 4.57 Å². The Kier molecular flexibility index (Phi) is 8.39. The molecule has 0 aliphatic carbocycles. The fourth-order valence-corrected chi connectivity index (χ4v) is 6.57. The molecule has 6 nitrogen and oxygen atoms in total. The van der Waals surface area contributed by atoms with Gasteiger partial charge in [-0.2, -0.15) is 36.9 Å². The second-order valence-electron chi connectivity index (χ2n) is 12.6. The molecule has 2 aromatic heterocycles. The monoisotopic (exact) mass is 736 g/mol. The summed E-state index contributed by atoms with van der Waals surface area (Å²) in [5.41, 5.74) is -0.0838. The number of nitrogens with zero attached hydrogens (tertiary/aromatic N) is 6. The van der Waals surface area contributed by atoms with Gasteiger partial charge in [-0.25, -0.2) is 15.0 Å². The Morgan fingerprint density at radius 3 is 1.35 bits per heavy atom. The van der Waals surface area contributed by atoms with E-state index in [1.165, 1.54) is 12.1 Å². The second kappa shape index (κ2) is 13.3. The predicted molar refractivity (Wildman–Crippen MR) is 195 cm³/mol. The lowest BCUT2D eigenvalue weighted by Crippen LogP contribution is -2.11. The van der Waals surface area contributed by atoms with Crippen LogP contribution in [0.25, 0.3) is 72.8 Å². The highest BCUT2D eigenvalue weighted by molar-refractivity contribution is 6.10. The number of fused-ring (bicyclic) bond motifs is 3. The van der Waals surface area contributed by atoms with E-state index in [-0.39, 0.29) is 39.8 Å². The van der Waals surface area contributed by atoms with E-state index in [4.69, 9.17) is 15.0 Å². The molecule has 0 atom stereocenters. The van der Waals surface area contributed by atoms with E-state index in [9.17, 15) is 36.9 Å². The zero-order valence-corrected chi connectivity index (χ0v) is 28.2. The van der Waals surface area contributed by atoms with Gasteiger partial charge in [-0.15, -0.1) is 0 Å². The summed E-state index contributed by atoms with van der Waals surface area (Å²) in [6.07, 6.45) is -10.2. The average Bonchev–Trinajstić information content (AvgIpc) is 3.52. The van der Waals surface area contributed by atoms with Crippen LogP contribution in [0.2, 0.25) is 0 Å². The van der Waals surface area contributed by atoms with Crippen molar-refractivity contribution < 1.29 is 26.3 Å². The maximum absolute atomic E-state index is 14.2. The maximum atomic E-state index is 14.2. The molecule has 266 valence electrons. The molecule has 0 spiro atoms. The zero-order chi connectivity index (χ0) is 38.5. The summed E-state index contributed by atoms with van der Waals surface area (Å²) in [5, 5.41) is 21.0. The number of nitriles is 2. The third kappa shape index (κ3) is 6.51. The fraction of sp³-hybridized carbons (Fsp3) is 0.0465. The Morgan fingerprint density at radius 2 is 0.909 bits per heavy atom. The van der Waals surface area contributed by atoms with E-state index >= 15 is 0 Å². The summed E-state index contributed by atoms with van der Waals surface area (Å²) in [6.45, 7) is 0. The first-order valence-corrected chi connectivity index (χ1v) is 16.6. The number of rotatable bonds is 5. The summed E-state index contributed by atoms with van der Waals surface area (Å²) in [5.74, 6) is 0.839. The number of halogens is 6. The van der Waals surface area contributed by atoms with Gasteiger partial charge in [0.05, 0.1) is 51.1 Å². The van der Waals surface area contributed by atoms with Crippen LogP contribution in [0.5, 0.6) is 0 Å².